The number of alkyl halides is 3. The molecule has 0 heterocycles. The van der Waals surface area contributed by atoms with Gasteiger partial charge in [0.15, 0.2) is 0 Å². The second kappa shape index (κ2) is 5.25. The average Bonchev–Trinajstić information content (AvgIpc) is 2.97. The number of aliphatic carboxylic acids is 1. The van der Waals surface area contributed by atoms with Crippen LogP contribution in [0.25, 0.3) is 0 Å². The Hall–Kier alpha value is -0.780. The van der Waals surface area contributed by atoms with Gasteiger partial charge in [-0.2, -0.15) is 13.2 Å². The van der Waals surface area contributed by atoms with E-state index < -0.39 is 24.2 Å². The van der Waals surface area contributed by atoms with Crippen LogP contribution in [0.15, 0.2) is 0 Å². The smallest absolute Gasteiger partial charge is 0.411 e. The average molecular weight is 254 g/mol. The van der Waals surface area contributed by atoms with Crippen LogP contribution in [0.5, 0.6) is 0 Å². The van der Waals surface area contributed by atoms with Crippen LogP contribution in [0.3, 0.4) is 0 Å². The Morgan fingerprint density at radius 1 is 1.41 bits per heavy atom. The number of rotatable bonds is 7. The van der Waals surface area contributed by atoms with Gasteiger partial charge in [0.2, 0.25) is 0 Å². The number of hydrogen-bond acceptors (Lipinski definition) is 2. The van der Waals surface area contributed by atoms with Gasteiger partial charge in [0.25, 0.3) is 0 Å². The lowest BCUT2D eigenvalue weighted by molar-refractivity contribution is -0.174. The van der Waals surface area contributed by atoms with E-state index in [0.717, 1.165) is 12.8 Å². The first-order valence-electron chi connectivity index (χ1n) is 5.63. The van der Waals surface area contributed by atoms with Crippen molar-refractivity contribution in [1.29, 1.82) is 0 Å². The first-order valence-corrected chi connectivity index (χ1v) is 5.63. The minimum atomic E-state index is -4.31. The highest BCUT2D eigenvalue weighted by Gasteiger charge is 2.46. The Morgan fingerprint density at radius 2 is 2.00 bits per heavy atom. The maximum atomic E-state index is 11.8. The zero-order chi connectivity index (χ0) is 13.1. The molecule has 0 saturated heterocycles. The monoisotopic (exact) mass is 254 g/mol. The number of ether oxygens (including phenoxy) is 1. The standard InChI is InChI=1S/C11H17F3O3/c1-10(9(15)16,8-3-4-8)5-2-6-17-7-11(12,13)14/h8H,2-7H2,1H3,(H,15,16). The van der Waals surface area contributed by atoms with Crippen LogP contribution in [0.1, 0.15) is 32.6 Å². The lowest BCUT2D eigenvalue weighted by atomic mass is 9.80. The molecular formula is C11H17F3O3. The van der Waals surface area contributed by atoms with Crippen LogP contribution in [0.2, 0.25) is 0 Å². The lowest BCUT2D eigenvalue weighted by Gasteiger charge is -2.24. The van der Waals surface area contributed by atoms with Gasteiger partial charge in [-0.25, -0.2) is 0 Å². The summed E-state index contributed by atoms with van der Waals surface area (Å²) in [6.07, 6.45) is -1.81. The fraction of sp³-hybridized carbons (Fsp3) is 0.909. The first kappa shape index (κ1) is 14.3. The zero-order valence-corrected chi connectivity index (χ0v) is 9.72. The summed E-state index contributed by atoms with van der Waals surface area (Å²) in [6.45, 7) is 0.353. The van der Waals surface area contributed by atoms with Crippen molar-refractivity contribution in [3.63, 3.8) is 0 Å². The third kappa shape index (κ3) is 4.53. The Kier molecular flexibility index (Phi) is 4.41. The number of carbonyl (C=O) groups is 1. The largest absolute Gasteiger partial charge is 0.481 e. The van der Waals surface area contributed by atoms with E-state index in [9.17, 15) is 18.0 Å². The van der Waals surface area contributed by atoms with E-state index in [2.05, 4.69) is 4.74 Å². The minimum Gasteiger partial charge on any atom is -0.481 e. The van der Waals surface area contributed by atoms with E-state index in [4.69, 9.17) is 5.11 Å². The van der Waals surface area contributed by atoms with Gasteiger partial charge in [0.05, 0.1) is 5.41 Å². The second-order valence-corrected chi connectivity index (χ2v) is 4.77. The first-order chi connectivity index (χ1) is 7.76. The summed E-state index contributed by atoms with van der Waals surface area (Å²) in [5.41, 5.74) is -0.804. The highest BCUT2D eigenvalue weighted by molar-refractivity contribution is 5.75. The molecule has 0 bridgehead atoms. The van der Waals surface area contributed by atoms with Gasteiger partial charge in [-0.15, -0.1) is 0 Å². The zero-order valence-electron chi connectivity index (χ0n) is 9.72. The molecule has 100 valence electrons. The maximum Gasteiger partial charge on any atom is 0.411 e. The van der Waals surface area contributed by atoms with Gasteiger partial charge >= 0.3 is 12.1 Å². The van der Waals surface area contributed by atoms with Crippen molar-refractivity contribution in [1.82, 2.24) is 0 Å². The molecule has 1 N–H and O–H groups in total. The summed E-state index contributed by atoms with van der Waals surface area (Å²) in [4.78, 5) is 11.1. The lowest BCUT2D eigenvalue weighted by Crippen LogP contribution is -2.30. The molecule has 0 aromatic heterocycles. The predicted octanol–water partition coefficient (Wildman–Crippen LogP) is 2.85. The van der Waals surface area contributed by atoms with Gasteiger partial charge in [-0.3, -0.25) is 4.79 Å². The van der Waals surface area contributed by atoms with Crippen LogP contribution in [-0.4, -0.2) is 30.5 Å². The molecule has 1 saturated carbocycles. The number of hydrogen-bond donors (Lipinski definition) is 1. The van der Waals surface area contributed by atoms with Crippen LogP contribution in [-0.2, 0) is 9.53 Å². The highest BCUT2D eigenvalue weighted by atomic mass is 19.4. The summed E-state index contributed by atoms with van der Waals surface area (Å²) in [7, 11) is 0. The van der Waals surface area contributed by atoms with Crippen molar-refractivity contribution in [3.05, 3.63) is 0 Å². The van der Waals surface area contributed by atoms with Gasteiger partial charge in [0.1, 0.15) is 6.61 Å². The number of carboxylic acid groups (broad SMARTS) is 1. The quantitative estimate of drug-likeness (QED) is 0.710. The molecule has 17 heavy (non-hydrogen) atoms. The van der Waals surface area contributed by atoms with Crippen molar-refractivity contribution in [2.24, 2.45) is 11.3 Å². The molecule has 1 aliphatic carbocycles. The summed E-state index contributed by atoms with van der Waals surface area (Å²) in [5.74, 6) is -0.696. The van der Waals surface area contributed by atoms with Crippen LogP contribution in [0.4, 0.5) is 13.2 Å². The van der Waals surface area contributed by atoms with Crippen LogP contribution < -0.4 is 0 Å². The normalized spacial score (nSPS) is 20.0. The van der Waals surface area contributed by atoms with E-state index in [1.54, 1.807) is 6.92 Å². The summed E-state index contributed by atoms with van der Waals surface area (Å²) >= 11 is 0. The van der Waals surface area contributed by atoms with E-state index in [1.807, 2.05) is 0 Å². The molecule has 1 rings (SSSR count). The molecule has 1 unspecified atom stereocenters. The molecule has 0 aliphatic heterocycles. The topological polar surface area (TPSA) is 46.5 Å². The Morgan fingerprint density at radius 3 is 2.41 bits per heavy atom. The molecule has 1 fully saturated rings. The fourth-order valence-electron chi connectivity index (χ4n) is 1.94. The molecule has 1 atom stereocenters. The van der Waals surface area contributed by atoms with E-state index in [-0.39, 0.29) is 12.5 Å². The summed E-state index contributed by atoms with van der Waals surface area (Å²) in [5, 5.41) is 9.11. The molecular weight excluding hydrogens is 237 g/mol. The molecule has 1 aliphatic rings. The number of carboxylic acids is 1. The molecule has 0 aromatic carbocycles. The van der Waals surface area contributed by atoms with Gasteiger partial charge < -0.3 is 9.84 Å². The second-order valence-electron chi connectivity index (χ2n) is 4.77. The van der Waals surface area contributed by atoms with Crippen LogP contribution in [0, 0.1) is 11.3 Å². The van der Waals surface area contributed by atoms with Gasteiger partial charge in [0, 0.05) is 6.61 Å². The van der Waals surface area contributed by atoms with Gasteiger partial charge in [-0.1, -0.05) is 0 Å². The summed E-state index contributed by atoms with van der Waals surface area (Å²) in [6, 6.07) is 0. The van der Waals surface area contributed by atoms with E-state index in [1.165, 1.54) is 0 Å². The van der Waals surface area contributed by atoms with E-state index >= 15 is 0 Å². The Labute approximate surface area is 97.9 Å². The van der Waals surface area contributed by atoms with Gasteiger partial charge in [-0.05, 0) is 38.5 Å². The minimum absolute atomic E-state index is 0.0465. The molecule has 3 nitrogen and oxygen atoms in total. The van der Waals surface area contributed by atoms with E-state index in [0.29, 0.717) is 12.8 Å². The molecule has 0 radical (unpaired) electrons. The third-order valence-corrected chi connectivity index (χ3v) is 3.22. The maximum absolute atomic E-state index is 11.8. The van der Waals surface area contributed by atoms with Crippen LogP contribution >= 0.6 is 0 Å². The van der Waals surface area contributed by atoms with Crippen molar-refractivity contribution in [3.8, 4) is 0 Å². The molecule has 6 heteroatoms. The number of halogens is 3. The molecule has 0 aromatic rings. The summed E-state index contributed by atoms with van der Waals surface area (Å²) < 4.78 is 39.7. The van der Waals surface area contributed by atoms with Crippen molar-refractivity contribution < 1.29 is 27.8 Å². The van der Waals surface area contributed by atoms with Crippen molar-refractivity contribution in [2.75, 3.05) is 13.2 Å². The predicted molar refractivity (Wildman–Crippen MR) is 54.6 cm³/mol. The molecule has 0 spiro atoms. The molecule has 0 amide bonds. The Balaban J connectivity index is 2.22. The third-order valence-electron chi connectivity index (χ3n) is 3.22. The SMILES string of the molecule is CC(CCCOCC(F)(F)F)(C(=O)O)C1CC1. The Bertz CT molecular complexity index is 274. The highest BCUT2D eigenvalue weighted by Crippen LogP contribution is 2.48. The van der Waals surface area contributed by atoms with Crippen molar-refractivity contribution in [2.45, 2.75) is 38.8 Å². The van der Waals surface area contributed by atoms with Crippen molar-refractivity contribution >= 4 is 5.97 Å². The fourth-order valence-corrected chi connectivity index (χ4v) is 1.94.